The van der Waals surface area contributed by atoms with Gasteiger partial charge in [-0.05, 0) is 55.5 Å². The number of hydrogen-bond acceptors (Lipinski definition) is 7. The smallest absolute Gasteiger partial charge is 0.269 e. The zero-order valence-electron chi connectivity index (χ0n) is 20.6. The molecule has 2 aliphatic rings. The van der Waals surface area contributed by atoms with Gasteiger partial charge in [0.1, 0.15) is 23.8 Å². The number of nitrogens with one attached hydrogen (secondary N) is 1. The molecule has 1 saturated carbocycles. The van der Waals surface area contributed by atoms with Gasteiger partial charge in [0.05, 0.1) is 11.6 Å². The number of nitrogens with zero attached hydrogens (tertiary/aromatic N) is 4. The Morgan fingerprint density at radius 1 is 1.22 bits per heavy atom. The summed E-state index contributed by atoms with van der Waals surface area (Å²) in [5.41, 5.74) is 12.4. The Morgan fingerprint density at radius 2 is 1.97 bits per heavy atom. The molecule has 1 aromatic carbocycles. The molecule has 36 heavy (non-hydrogen) atoms. The third kappa shape index (κ3) is 5.59. The number of anilines is 2. The SMILES string of the molecule is CC.CNc1cccc(Cl)n1.NC(=O)c1nn(CC(=O)N2C3CCC(C3)C2C=O)c2ccc(N)cc12. The second kappa shape index (κ2) is 11.9. The van der Waals surface area contributed by atoms with E-state index < -0.39 is 5.91 Å². The highest BCUT2D eigenvalue weighted by molar-refractivity contribution is 6.29. The number of pyridine rings is 1. The lowest BCUT2D eigenvalue weighted by Crippen LogP contribution is -2.47. The number of hydrogen-bond donors (Lipinski definition) is 3. The van der Waals surface area contributed by atoms with Gasteiger partial charge in [0.15, 0.2) is 5.69 Å². The molecule has 11 heteroatoms. The predicted octanol–water partition coefficient (Wildman–Crippen LogP) is 3.10. The van der Waals surface area contributed by atoms with Crippen LogP contribution < -0.4 is 16.8 Å². The first-order valence-corrected chi connectivity index (χ1v) is 12.3. The number of aromatic nitrogens is 3. The topological polar surface area (TPSA) is 149 Å². The van der Waals surface area contributed by atoms with Crippen LogP contribution in [0.25, 0.3) is 10.9 Å². The van der Waals surface area contributed by atoms with E-state index in [1.807, 2.05) is 26.0 Å². The van der Waals surface area contributed by atoms with Crippen molar-refractivity contribution in [2.24, 2.45) is 11.7 Å². The number of likely N-dealkylation sites (tertiary alicyclic amines) is 1. The molecule has 1 aliphatic carbocycles. The minimum absolute atomic E-state index is 0.0404. The maximum atomic E-state index is 12.8. The molecule has 2 fully saturated rings. The van der Waals surface area contributed by atoms with Gasteiger partial charge in [0.25, 0.3) is 5.91 Å². The number of nitrogens with two attached hydrogens (primary N) is 2. The monoisotopic (exact) mass is 513 g/mol. The predicted molar refractivity (Wildman–Crippen MR) is 141 cm³/mol. The van der Waals surface area contributed by atoms with Crippen LogP contribution in [0, 0.1) is 5.92 Å². The molecule has 5 N–H and O–H groups in total. The third-order valence-corrected chi connectivity index (χ3v) is 6.55. The second-order valence-corrected chi connectivity index (χ2v) is 8.78. The largest absolute Gasteiger partial charge is 0.399 e. The summed E-state index contributed by atoms with van der Waals surface area (Å²) < 4.78 is 1.46. The Bertz CT molecular complexity index is 1250. The molecule has 3 aromatic rings. The molecule has 3 unspecified atom stereocenters. The van der Waals surface area contributed by atoms with Gasteiger partial charge in [-0.2, -0.15) is 5.10 Å². The lowest BCUT2D eigenvalue weighted by molar-refractivity contribution is -0.139. The Morgan fingerprint density at radius 3 is 2.58 bits per heavy atom. The summed E-state index contributed by atoms with van der Waals surface area (Å²) in [5, 5.41) is 8.12. The van der Waals surface area contributed by atoms with E-state index in [2.05, 4.69) is 15.4 Å². The molecule has 3 heterocycles. The van der Waals surface area contributed by atoms with Crippen molar-refractivity contribution in [3.05, 3.63) is 47.2 Å². The molecule has 10 nitrogen and oxygen atoms in total. The first kappa shape index (κ1) is 26.9. The maximum absolute atomic E-state index is 12.8. The molecular weight excluding hydrogens is 482 g/mol. The molecule has 2 amide bonds. The van der Waals surface area contributed by atoms with Crippen molar-refractivity contribution in [2.75, 3.05) is 18.1 Å². The maximum Gasteiger partial charge on any atom is 0.269 e. The normalized spacial score (nSPS) is 19.7. The van der Waals surface area contributed by atoms with Crippen LogP contribution in [0.2, 0.25) is 5.15 Å². The van der Waals surface area contributed by atoms with E-state index >= 15 is 0 Å². The Hall–Kier alpha value is -3.66. The average molecular weight is 514 g/mol. The van der Waals surface area contributed by atoms with Crippen LogP contribution in [0.4, 0.5) is 11.5 Å². The number of aldehydes is 1. The van der Waals surface area contributed by atoms with Crippen LogP contribution >= 0.6 is 11.6 Å². The van der Waals surface area contributed by atoms with Gasteiger partial charge >= 0.3 is 0 Å². The van der Waals surface area contributed by atoms with Crippen LogP contribution in [0.5, 0.6) is 0 Å². The Balaban J connectivity index is 0.000000276. The summed E-state index contributed by atoms with van der Waals surface area (Å²) in [6, 6.07) is 10.2. The van der Waals surface area contributed by atoms with Crippen LogP contribution in [0.3, 0.4) is 0 Å². The lowest BCUT2D eigenvalue weighted by Gasteiger charge is -2.32. The van der Waals surface area contributed by atoms with Gasteiger partial charge in [0, 0.05) is 24.2 Å². The highest BCUT2D eigenvalue weighted by atomic mass is 35.5. The number of rotatable bonds is 5. The zero-order chi connectivity index (χ0) is 26.4. The van der Waals surface area contributed by atoms with Crippen molar-refractivity contribution >= 4 is 52.1 Å². The van der Waals surface area contributed by atoms with Crippen molar-refractivity contribution in [1.29, 1.82) is 0 Å². The van der Waals surface area contributed by atoms with Crippen LogP contribution in [0.15, 0.2) is 36.4 Å². The molecular formula is C25H32ClN7O3. The molecule has 1 saturated heterocycles. The first-order chi connectivity index (χ1) is 17.3. The highest BCUT2D eigenvalue weighted by Crippen LogP contribution is 2.41. The van der Waals surface area contributed by atoms with Gasteiger partial charge in [-0.1, -0.05) is 31.5 Å². The average Bonchev–Trinajstić information content (AvgIpc) is 3.58. The summed E-state index contributed by atoms with van der Waals surface area (Å²) in [5.74, 6) is 0.221. The van der Waals surface area contributed by atoms with Crippen LogP contribution in [-0.4, -0.2) is 56.9 Å². The number of fused-ring (bicyclic) bond motifs is 3. The standard InChI is InChI=1S/C17H19N5O3.C6H7ClN2.C2H6/c18-10-2-4-13-12(6-10)16(17(19)25)20-21(13)7-15(24)22-11-3-1-9(5-11)14(22)8-23;1-8-6-4-2-3-5(7)9-6;1-2/h2,4,6,8-9,11,14H,1,3,5,7,18H2,(H2,19,25);2-4H,1H3,(H,8,9);1-2H3. The van der Waals surface area contributed by atoms with Crippen molar-refractivity contribution in [3.63, 3.8) is 0 Å². The van der Waals surface area contributed by atoms with Crippen molar-refractivity contribution < 1.29 is 14.4 Å². The molecule has 0 spiro atoms. The molecule has 0 radical (unpaired) electrons. The van der Waals surface area contributed by atoms with Crippen molar-refractivity contribution in [2.45, 2.75) is 51.7 Å². The first-order valence-electron chi connectivity index (χ1n) is 11.9. The summed E-state index contributed by atoms with van der Waals surface area (Å²) in [6.07, 6.45) is 3.69. The summed E-state index contributed by atoms with van der Waals surface area (Å²) in [4.78, 5) is 41.5. The van der Waals surface area contributed by atoms with E-state index in [0.29, 0.717) is 21.7 Å². The Labute approximate surface area is 215 Å². The van der Waals surface area contributed by atoms with Crippen molar-refractivity contribution in [1.82, 2.24) is 19.7 Å². The van der Waals surface area contributed by atoms with E-state index in [9.17, 15) is 14.4 Å². The number of amides is 2. The lowest BCUT2D eigenvalue weighted by atomic mass is 10.00. The van der Waals surface area contributed by atoms with Gasteiger partial charge in [-0.15, -0.1) is 0 Å². The molecule has 192 valence electrons. The minimum Gasteiger partial charge on any atom is -0.399 e. The van der Waals surface area contributed by atoms with E-state index in [1.54, 1.807) is 36.2 Å². The molecule has 2 aromatic heterocycles. The highest BCUT2D eigenvalue weighted by Gasteiger charge is 2.47. The second-order valence-electron chi connectivity index (χ2n) is 8.40. The fourth-order valence-electron chi connectivity index (χ4n) is 4.83. The molecule has 1 aliphatic heterocycles. The van der Waals surface area contributed by atoms with Gasteiger partial charge in [-0.3, -0.25) is 14.3 Å². The van der Waals surface area contributed by atoms with Crippen LogP contribution in [0.1, 0.15) is 43.6 Å². The Kier molecular flexibility index (Phi) is 8.87. The molecule has 5 rings (SSSR count). The van der Waals surface area contributed by atoms with Gasteiger partial charge in [0.2, 0.25) is 5.91 Å². The number of benzene rings is 1. The number of carbonyl (C=O) groups is 3. The number of carbonyl (C=O) groups excluding carboxylic acids is 3. The van der Waals surface area contributed by atoms with Crippen molar-refractivity contribution in [3.8, 4) is 0 Å². The van der Waals surface area contributed by atoms with E-state index in [-0.39, 0.29) is 36.1 Å². The zero-order valence-corrected chi connectivity index (χ0v) is 21.4. The summed E-state index contributed by atoms with van der Waals surface area (Å²) >= 11 is 5.57. The van der Waals surface area contributed by atoms with Gasteiger partial charge in [-0.25, -0.2) is 4.98 Å². The van der Waals surface area contributed by atoms with E-state index in [4.69, 9.17) is 23.1 Å². The number of primary amides is 1. The summed E-state index contributed by atoms with van der Waals surface area (Å²) in [6.45, 7) is 3.96. The summed E-state index contributed by atoms with van der Waals surface area (Å²) in [7, 11) is 1.80. The van der Waals surface area contributed by atoms with Crippen LogP contribution in [-0.2, 0) is 16.1 Å². The molecule has 2 bridgehead atoms. The molecule has 3 atom stereocenters. The van der Waals surface area contributed by atoms with E-state index in [1.165, 1.54) is 4.68 Å². The fourth-order valence-corrected chi connectivity index (χ4v) is 4.99. The van der Waals surface area contributed by atoms with Gasteiger partial charge < -0.3 is 26.5 Å². The number of piperidine rings is 1. The minimum atomic E-state index is -0.673. The number of nitrogen functional groups attached to an aromatic ring is 1. The third-order valence-electron chi connectivity index (χ3n) is 6.33. The van der Waals surface area contributed by atoms with E-state index in [0.717, 1.165) is 31.4 Å². The number of halogens is 1. The fraction of sp³-hybridized carbons (Fsp3) is 0.400. The quantitative estimate of drug-likeness (QED) is 0.269.